The van der Waals surface area contributed by atoms with Crippen molar-refractivity contribution in [2.24, 2.45) is 0 Å². The molecule has 164 valence electrons. The molecule has 0 radical (unpaired) electrons. The molecule has 0 atom stereocenters. The molecule has 0 aliphatic carbocycles. The van der Waals surface area contributed by atoms with Crippen LogP contribution in [-0.4, -0.2) is 36.4 Å². The zero-order chi connectivity index (χ0) is 22.7. The van der Waals surface area contributed by atoms with E-state index in [1.165, 1.54) is 18.2 Å². The second-order valence-electron chi connectivity index (χ2n) is 7.14. The molecule has 0 saturated carbocycles. The molecule has 1 aromatic heterocycles. The lowest BCUT2D eigenvalue weighted by Crippen LogP contribution is -2.47. The van der Waals surface area contributed by atoms with Crippen molar-refractivity contribution in [1.29, 1.82) is 0 Å². The first-order valence-electron chi connectivity index (χ1n) is 9.78. The number of piperazine rings is 1. The molecule has 0 unspecified atom stereocenters. The van der Waals surface area contributed by atoms with Crippen molar-refractivity contribution in [3.05, 3.63) is 83.1 Å². The van der Waals surface area contributed by atoms with Crippen LogP contribution in [0.2, 0.25) is 0 Å². The molecule has 9 heteroatoms. The highest BCUT2D eigenvalue weighted by atomic mass is 19.4. The molecule has 2 heterocycles. The van der Waals surface area contributed by atoms with Crippen molar-refractivity contribution in [1.82, 2.24) is 10.2 Å². The molecule has 0 amide bonds. The largest absolute Gasteiger partial charge is 0.418 e. The van der Waals surface area contributed by atoms with E-state index in [1.807, 2.05) is 4.90 Å². The second kappa shape index (κ2) is 8.83. The standard InChI is InChI=1S/C23H17F5N4/c24-19-9-6-16(15-20(19)25)5-7-17-8-10-22(30-29-17)32-13-11-31(12-14-32)21-4-2-1-3-18(21)23(26,27)28/h1-4,6,8-10,15H,11-14H2. The molecule has 0 spiro atoms. The van der Waals surface area contributed by atoms with E-state index < -0.39 is 23.4 Å². The molecule has 1 aliphatic heterocycles. The monoisotopic (exact) mass is 444 g/mol. The predicted molar refractivity (Wildman–Crippen MR) is 110 cm³/mol. The van der Waals surface area contributed by atoms with E-state index in [1.54, 1.807) is 23.1 Å². The van der Waals surface area contributed by atoms with Crippen LogP contribution in [-0.2, 0) is 6.18 Å². The van der Waals surface area contributed by atoms with E-state index >= 15 is 0 Å². The maximum atomic E-state index is 13.3. The third-order valence-corrected chi connectivity index (χ3v) is 5.06. The van der Waals surface area contributed by atoms with Crippen LogP contribution in [0.4, 0.5) is 33.5 Å². The average molecular weight is 444 g/mol. The summed E-state index contributed by atoms with van der Waals surface area (Å²) in [4.78, 5) is 3.65. The van der Waals surface area contributed by atoms with Gasteiger partial charge in [-0.3, -0.25) is 0 Å². The minimum atomic E-state index is -4.41. The van der Waals surface area contributed by atoms with Crippen LogP contribution in [0.5, 0.6) is 0 Å². The van der Waals surface area contributed by atoms with Gasteiger partial charge >= 0.3 is 6.18 Å². The lowest BCUT2D eigenvalue weighted by Gasteiger charge is -2.37. The first kappa shape index (κ1) is 21.6. The highest BCUT2D eigenvalue weighted by molar-refractivity contribution is 5.56. The van der Waals surface area contributed by atoms with Gasteiger partial charge in [-0.1, -0.05) is 18.1 Å². The zero-order valence-corrected chi connectivity index (χ0v) is 16.7. The summed E-state index contributed by atoms with van der Waals surface area (Å²) in [5, 5.41) is 8.18. The van der Waals surface area contributed by atoms with E-state index in [4.69, 9.17) is 0 Å². The Morgan fingerprint density at radius 3 is 2.12 bits per heavy atom. The molecule has 0 bridgehead atoms. The van der Waals surface area contributed by atoms with Crippen LogP contribution in [0.15, 0.2) is 54.6 Å². The van der Waals surface area contributed by atoms with Crippen molar-refractivity contribution in [3.8, 4) is 11.8 Å². The van der Waals surface area contributed by atoms with Crippen molar-refractivity contribution >= 4 is 11.5 Å². The number of hydrogen-bond donors (Lipinski definition) is 0. The fraction of sp³-hybridized carbons (Fsp3) is 0.217. The number of para-hydroxylation sites is 1. The quantitative estimate of drug-likeness (QED) is 0.431. The number of halogens is 5. The topological polar surface area (TPSA) is 32.3 Å². The number of anilines is 2. The molecule has 3 aromatic rings. The van der Waals surface area contributed by atoms with Crippen molar-refractivity contribution in [2.45, 2.75) is 6.18 Å². The number of aromatic nitrogens is 2. The molecular weight excluding hydrogens is 427 g/mol. The number of benzene rings is 2. The lowest BCUT2D eigenvalue weighted by molar-refractivity contribution is -0.137. The molecule has 4 rings (SSSR count). The normalized spacial score (nSPS) is 14.2. The van der Waals surface area contributed by atoms with Gasteiger partial charge in [-0.2, -0.15) is 13.2 Å². The Bertz CT molecular complexity index is 1160. The van der Waals surface area contributed by atoms with Gasteiger partial charge in [0.25, 0.3) is 0 Å². The van der Waals surface area contributed by atoms with E-state index in [0.717, 1.165) is 18.2 Å². The lowest BCUT2D eigenvalue weighted by atomic mass is 10.1. The molecule has 1 fully saturated rings. The Morgan fingerprint density at radius 2 is 1.47 bits per heavy atom. The van der Waals surface area contributed by atoms with Crippen molar-refractivity contribution < 1.29 is 22.0 Å². The Labute approximate surface area is 181 Å². The summed E-state index contributed by atoms with van der Waals surface area (Å²) >= 11 is 0. The van der Waals surface area contributed by atoms with Gasteiger partial charge in [-0.05, 0) is 48.4 Å². The molecule has 1 saturated heterocycles. The Balaban J connectivity index is 1.41. The van der Waals surface area contributed by atoms with Crippen LogP contribution >= 0.6 is 0 Å². The molecule has 2 aromatic carbocycles. The van der Waals surface area contributed by atoms with E-state index in [2.05, 4.69) is 22.0 Å². The molecule has 4 nitrogen and oxygen atoms in total. The van der Waals surface area contributed by atoms with Crippen LogP contribution in [0.25, 0.3) is 0 Å². The van der Waals surface area contributed by atoms with Gasteiger partial charge in [-0.25, -0.2) is 8.78 Å². The maximum absolute atomic E-state index is 13.3. The number of rotatable bonds is 2. The average Bonchev–Trinajstić information content (AvgIpc) is 2.80. The fourth-order valence-electron chi connectivity index (χ4n) is 3.44. The van der Waals surface area contributed by atoms with Crippen LogP contribution in [0, 0.1) is 23.5 Å². The summed E-state index contributed by atoms with van der Waals surface area (Å²) in [7, 11) is 0. The van der Waals surface area contributed by atoms with Gasteiger partial charge in [0, 0.05) is 37.4 Å². The summed E-state index contributed by atoms with van der Waals surface area (Å²) in [6.07, 6.45) is -4.41. The van der Waals surface area contributed by atoms with Gasteiger partial charge in [0.15, 0.2) is 17.5 Å². The first-order valence-corrected chi connectivity index (χ1v) is 9.78. The molecule has 1 aliphatic rings. The van der Waals surface area contributed by atoms with E-state index in [-0.39, 0.29) is 5.69 Å². The van der Waals surface area contributed by atoms with Crippen LogP contribution in [0.1, 0.15) is 16.8 Å². The van der Waals surface area contributed by atoms with Gasteiger partial charge in [0.2, 0.25) is 0 Å². The maximum Gasteiger partial charge on any atom is 0.418 e. The van der Waals surface area contributed by atoms with E-state index in [9.17, 15) is 22.0 Å². The molecular formula is C23H17F5N4. The summed E-state index contributed by atoms with van der Waals surface area (Å²) in [5.74, 6) is 4.11. The summed E-state index contributed by atoms with van der Waals surface area (Å²) in [6.45, 7) is 1.79. The number of nitrogens with zero attached hydrogens (tertiary/aromatic N) is 4. The van der Waals surface area contributed by atoms with Crippen LogP contribution in [0.3, 0.4) is 0 Å². The van der Waals surface area contributed by atoms with Gasteiger partial charge in [0.1, 0.15) is 5.69 Å². The van der Waals surface area contributed by atoms with Crippen molar-refractivity contribution in [2.75, 3.05) is 36.0 Å². The smallest absolute Gasteiger partial charge is 0.367 e. The Hall–Kier alpha value is -3.67. The second-order valence-corrected chi connectivity index (χ2v) is 7.14. The minimum Gasteiger partial charge on any atom is -0.367 e. The molecule has 32 heavy (non-hydrogen) atoms. The summed E-state index contributed by atoms with van der Waals surface area (Å²) < 4.78 is 66.1. The van der Waals surface area contributed by atoms with Crippen molar-refractivity contribution in [3.63, 3.8) is 0 Å². The number of alkyl halides is 3. The third kappa shape index (κ3) is 4.80. The van der Waals surface area contributed by atoms with E-state index in [0.29, 0.717) is 43.3 Å². The summed E-state index contributed by atoms with van der Waals surface area (Å²) in [6, 6.07) is 12.3. The van der Waals surface area contributed by atoms with Gasteiger partial charge in [-0.15, -0.1) is 10.2 Å². The Kier molecular flexibility index (Phi) is 5.95. The third-order valence-electron chi connectivity index (χ3n) is 5.06. The highest BCUT2D eigenvalue weighted by Crippen LogP contribution is 2.36. The molecule has 0 N–H and O–H groups in total. The highest BCUT2D eigenvalue weighted by Gasteiger charge is 2.35. The predicted octanol–water partition coefficient (Wildman–Crippen LogP) is 4.50. The SMILES string of the molecule is Fc1ccc(C#Cc2ccc(N3CCN(c4ccccc4C(F)(F)F)CC3)nn2)cc1F. The minimum absolute atomic E-state index is 0.175. The van der Waals surface area contributed by atoms with Gasteiger partial charge in [0.05, 0.1) is 5.56 Å². The zero-order valence-electron chi connectivity index (χ0n) is 16.7. The fourth-order valence-corrected chi connectivity index (χ4v) is 3.44. The first-order chi connectivity index (χ1) is 15.3. The van der Waals surface area contributed by atoms with Crippen LogP contribution < -0.4 is 9.80 Å². The Morgan fingerprint density at radius 1 is 0.750 bits per heavy atom. The number of hydrogen-bond acceptors (Lipinski definition) is 4. The summed E-state index contributed by atoms with van der Waals surface area (Å²) in [5.41, 5.74) is 0.201. The van der Waals surface area contributed by atoms with Gasteiger partial charge < -0.3 is 9.80 Å².